The lowest BCUT2D eigenvalue weighted by Gasteiger charge is -2.38. The zero-order chi connectivity index (χ0) is 26.6. The molecule has 4 aromatic heterocycles. The van der Waals surface area contributed by atoms with Crippen LogP contribution >= 0.6 is 0 Å². The largest absolute Gasteiger partial charge is 0.387 e. The van der Waals surface area contributed by atoms with E-state index in [1.54, 1.807) is 18.5 Å². The Bertz CT molecular complexity index is 1500. The van der Waals surface area contributed by atoms with Gasteiger partial charge in [0.15, 0.2) is 11.4 Å². The molecule has 4 atom stereocenters. The molecule has 0 saturated carbocycles. The second-order valence-corrected chi connectivity index (χ2v) is 10.1. The van der Waals surface area contributed by atoms with E-state index in [2.05, 4.69) is 25.3 Å². The summed E-state index contributed by atoms with van der Waals surface area (Å²) in [4.78, 5) is 41.3. The van der Waals surface area contributed by atoms with Crippen LogP contribution in [-0.2, 0) is 0 Å². The maximum Gasteiger partial charge on any atom is 0.291 e. The predicted octanol–water partition coefficient (Wildman–Crippen LogP) is 2.69. The average Bonchev–Trinajstić information content (AvgIpc) is 3.66. The molecule has 4 N–H and O–H groups in total. The number of ketones is 1. The van der Waals surface area contributed by atoms with Crippen LogP contribution in [0.3, 0.4) is 0 Å². The normalized spacial score (nSPS) is 21.7. The van der Waals surface area contributed by atoms with Crippen LogP contribution in [-0.4, -0.2) is 68.5 Å². The first kappa shape index (κ1) is 24.2. The van der Waals surface area contributed by atoms with Gasteiger partial charge in [0.25, 0.3) is 5.91 Å². The van der Waals surface area contributed by atoms with E-state index in [0.717, 1.165) is 24.0 Å². The van der Waals surface area contributed by atoms with Gasteiger partial charge in [-0.1, -0.05) is 13.0 Å². The standard InChI is InChI=1S/C26H29N9O3/c1-3-20(37)19-7-4-14(10-28-19)18-11-31-35-23(27)21(13(2)36)22(32-25(18)35)15-8-16-5-6-17(9-15)34(16)26(38)24-29-12-30-33-24/h4,7,10-12,15-17,20,37H,3,5-6,8-9,27H2,1-2H3,(H,29,30,33)/t15?,16-,17+,20?. The van der Waals surface area contributed by atoms with E-state index in [4.69, 9.17) is 10.7 Å². The van der Waals surface area contributed by atoms with Gasteiger partial charge in [-0.15, -0.1) is 0 Å². The number of rotatable bonds is 6. The molecule has 6 rings (SSSR count). The number of aliphatic hydroxyl groups excluding tert-OH is 1. The number of piperidine rings is 1. The molecular weight excluding hydrogens is 486 g/mol. The van der Waals surface area contributed by atoms with Gasteiger partial charge < -0.3 is 15.7 Å². The van der Waals surface area contributed by atoms with E-state index in [0.29, 0.717) is 41.9 Å². The zero-order valence-electron chi connectivity index (χ0n) is 21.2. The highest BCUT2D eigenvalue weighted by molar-refractivity contribution is 6.00. The monoisotopic (exact) mass is 515 g/mol. The lowest BCUT2D eigenvalue weighted by Crippen LogP contribution is -2.46. The quantitative estimate of drug-likeness (QED) is 0.327. The summed E-state index contributed by atoms with van der Waals surface area (Å²) >= 11 is 0. The number of aromatic nitrogens is 7. The van der Waals surface area contributed by atoms with Crippen molar-refractivity contribution < 1.29 is 14.7 Å². The van der Waals surface area contributed by atoms with Crippen molar-refractivity contribution in [2.24, 2.45) is 0 Å². The number of hydrogen-bond donors (Lipinski definition) is 3. The molecule has 4 aromatic rings. The first-order chi connectivity index (χ1) is 18.4. The minimum atomic E-state index is -0.622. The number of amides is 1. The van der Waals surface area contributed by atoms with Crippen molar-refractivity contribution in [3.8, 4) is 11.1 Å². The minimum absolute atomic E-state index is 0.0153. The number of H-pyrrole nitrogens is 1. The third-order valence-corrected chi connectivity index (χ3v) is 7.86. The number of carbonyl (C=O) groups is 2. The molecule has 0 spiro atoms. The van der Waals surface area contributed by atoms with E-state index in [9.17, 15) is 14.7 Å². The van der Waals surface area contributed by atoms with Crippen LogP contribution in [0.2, 0.25) is 0 Å². The Morgan fingerprint density at radius 1 is 1.18 bits per heavy atom. The van der Waals surface area contributed by atoms with E-state index < -0.39 is 6.10 Å². The summed E-state index contributed by atoms with van der Waals surface area (Å²) in [7, 11) is 0. The molecule has 0 radical (unpaired) electrons. The molecule has 2 unspecified atom stereocenters. The molecule has 12 heteroatoms. The molecule has 0 aromatic carbocycles. The van der Waals surface area contributed by atoms with Gasteiger partial charge in [0.05, 0.1) is 29.3 Å². The molecule has 2 bridgehead atoms. The fraction of sp³-hybridized carbons (Fsp3) is 0.423. The van der Waals surface area contributed by atoms with Crippen LogP contribution < -0.4 is 5.73 Å². The fourth-order valence-corrected chi connectivity index (χ4v) is 6.03. The maximum absolute atomic E-state index is 13.1. The Morgan fingerprint density at radius 2 is 1.95 bits per heavy atom. The summed E-state index contributed by atoms with van der Waals surface area (Å²) < 4.78 is 1.50. The molecule has 1 amide bonds. The van der Waals surface area contributed by atoms with Crippen molar-refractivity contribution in [2.45, 2.75) is 70.1 Å². The number of hydrogen-bond acceptors (Lipinski definition) is 9. The maximum atomic E-state index is 13.1. The molecule has 2 aliphatic rings. The number of aromatic amines is 1. The molecule has 6 heterocycles. The minimum Gasteiger partial charge on any atom is -0.387 e. The highest BCUT2D eigenvalue weighted by atomic mass is 16.3. The number of fused-ring (bicyclic) bond motifs is 3. The van der Waals surface area contributed by atoms with Crippen LogP contribution in [0.25, 0.3) is 16.8 Å². The van der Waals surface area contributed by atoms with Gasteiger partial charge >= 0.3 is 0 Å². The third kappa shape index (κ3) is 3.83. The SMILES string of the molecule is CCC(O)c1ccc(-c2cnn3c(N)c(C(C)=O)c(C4C[C@H]5CC[C@@H](C4)N5C(=O)c4ncn[nH]4)nc23)cn1. The predicted molar refractivity (Wildman–Crippen MR) is 137 cm³/mol. The third-order valence-electron chi connectivity index (χ3n) is 7.86. The molecule has 38 heavy (non-hydrogen) atoms. The summed E-state index contributed by atoms with van der Waals surface area (Å²) in [6.45, 7) is 3.39. The van der Waals surface area contributed by atoms with E-state index >= 15 is 0 Å². The molecule has 0 aliphatic carbocycles. The van der Waals surface area contributed by atoms with E-state index in [1.807, 2.05) is 17.9 Å². The van der Waals surface area contributed by atoms with Crippen LogP contribution in [0.1, 0.15) is 90.3 Å². The Kier molecular flexibility index (Phi) is 5.90. The van der Waals surface area contributed by atoms with Crippen molar-refractivity contribution in [3.05, 3.63) is 53.6 Å². The number of carbonyl (C=O) groups excluding carboxylic acids is 2. The Balaban J connectivity index is 1.38. The Morgan fingerprint density at radius 3 is 2.55 bits per heavy atom. The molecule has 196 valence electrons. The van der Waals surface area contributed by atoms with Gasteiger partial charge in [0.1, 0.15) is 12.1 Å². The summed E-state index contributed by atoms with van der Waals surface area (Å²) in [5, 5.41) is 21.0. The van der Waals surface area contributed by atoms with Crippen molar-refractivity contribution in [1.82, 2.24) is 39.7 Å². The smallest absolute Gasteiger partial charge is 0.291 e. The van der Waals surface area contributed by atoms with Crippen LogP contribution in [0.4, 0.5) is 5.82 Å². The van der Waals surface area contributed by atoms with E-state index in [1.165, 1.54) is 17.8 Å². The number of anilines is 1. The summed E-state index contributed by atoms with van der Waals surface area (Å²) in [5.74, 6) is 0.132. The summed E-state index contributed by atoms with van der Waals surface area (Å²) in [5.41, 5.74) is 10.2. The molecule has 12 nitrogen and oxygen atoms in total. The van der Waals surface area contributed by atoms with Crippen LogP contribution in [0, 0.1) is 0 Å². The highest BCUT2D eigenvalue weighted by Crippen LogP contribution is 2.45. The topological polar surface area (TPSA) is 168 Å². The Labute approximate surface area is 218 Å². The Hall–Kier alpha value is -4.19. The van der Waals surface area contributed by atoms with Gasteiger partial charge in [0.2, 0.25) is 5.82 Å². The van der Waals surface area contributed by atoms with Gasteiger partial charge in [-0.3, -0.25) is 19.7 Å². The highest BCUT2D eigenvalue weighted by Gasteiger charge is 2.45. The lowest BCUT2D eigenvalue weighted by atomic mass is 9.85. The number of pyridine rings is 1. The summed E-state index contributed by atoms with van der Waals surface area (Å²) in [6, 6.07) is 3.70. The second kappa shape index (κ2) is 9.28. The van der Waals surface area contributed by atoms with Crippen LogP contribution in [0.5, 0.6) is 0 Å². The first-order valence-electron chi connectivity index (χ1n) is 12.9. The first-order valence-corrected chi connectivity index (χ1v) is 12.9. The van der Waals surface area contributed by atoms with Crippen molar-refractivity contribution in [2.75, 3.05) is 5.73 Å². The van der Waals surface area contributed by atoms with Crippen molar-refractivity contribution in [1.29, 1.82) is 0 Å². The molecular formula is C26H29N9O3. The fourth-order valence-electron chi connectivity index (χ4n) is 6.03. The molecule has 2 aliphatic heterocycles. The van der Waals surface area contributed by atoms with Crippen molar-refractivity contribution in [3.63, 3.8) is 0 Å². The number of Topliss-reactive ketones (excluding diaryl/α,β-unsaturated/α-hetero) is 1. The zero-order valence-corrected chi connectivity index (χ0v) is 21.2. The summed E-state index contributed by atoms with van der Waals surface area (Å²) in [6.07, 6.45) is 7.76. The molecule has 2 saturated heterocycles. The number of nitrogens with two attached hydrogens (primary N) is 1. The van der Waals surface area contributed by atoms with Crippen LogP contribution in [0.15, 0.2) is 30.9 Å². The number of aliphatic hydroxyl groups is 1. The number of nitrogens with one attached hydrogen (secondary N) is 1. The van der Waals surface area contributed by atoms with Gasteiger partial charge in [-0.2, -0.15) is 14.7 Å². The second-order valence-electron chi connectivity index (χ2n) is 10.1. The molecule has 2 fully saturated rings. The number of nitrogens with zero attached hydrogens (tertiary/aromatic N) is 7. The van der Waals surface area contributed by atoms with Gasteiger partial charge in [-0.25, -0.2) is 9.97 Å². The lowest BCUT2D eigenvalue weighted by molar-refractivity contribution is 0.0556. The van der Waals surface area contributed by atoms with Gasteiger partial charge in [-0.05, 0) is 45.1 Å². The van der Waals surface area contributed by atoms with Gasteiger partial charge in [0, 0.05) is 35.3 Å². The average molecular weight is 516 g/mol. The van der Waals surface area contributed by atoms with Crippen molar-refractivity contribution >= 4 is 23.2 Å². The number of nitrogen functional groups attached to an aromatic ring is 1. The van der Waals surface area contributed by atoms with E-state index in [-0.39, 0.29) is 41.3 Å².